The maximum atomic E-state index is 11.8. The lowest BCUT2D eigenvalue weighted by Crippen LogP contribution is -2.36. The van der Waals surface area contributed by atoms with Gasteiger partial charge in [-0.3, -0.25) is 0 Å². The van der Waals surface area contributed by atoms with E-state index in [1.807, 2.05) is 57.2 Å². The molecule has 0 aliphatic heterocycles. The molecule has 1 aliphatic carbocycles. The number of nitrogens with one attached hydrogen (secondary N) is 2. The molecule has 6 heteroatoms. The van der Waals surface area contributed by atoms with Crippen LogP contribution in [-0.2, 0) is 14.3 Å². The lowest BCUT2D eigenvalue weighted by Gasteiger charge is -2.19. The normalized spacial score (nSPS) is 21.3. The van der Waals surface area contributed by atoms with Gasteiger partial charge in [0.15, 0.2) is 0 Å². The van der Waals surface area contributed by atoms with Crippen LogP contribution in [0.3, 0.4) is 0 Å². The summed E-state index contributed by atoms with van der Waals surface area (Å²) in [5.41, 5.74) is 0.970. The molecule has 0 aromatic rings. The lowest BCUT2D eigenvalue weighted by atomic mass is 10.1. The minimum Gasteiger partial charge on any atom is -0.465 e. The number of hydrogen-bond donors (Lipinski definition) is 2. The molecule has 138 valence electrons. The number of hydrogen-bond acceptors (Lipinski definition) is 5. The number of carbonyl (C=O) groups excluding carboxylic acids is 2. The molecule has 0 heterocycles. The summed E-state index contributed by atoms with van der Waals surface area (Å²) in [6, 6.07) is 0. The summed E-state index contributed by atoms with van der Waals surface area (Å²) in [7, 11) is 1.37. The Balaban J connectivity index is 2.48. The van der Waals surface area contributed by atoms with Crippen LogP contribution in [0.25, 0.3) is 0 Å². The van der Waals surface area contributed by atoms with Gasteiger partial charge in [0.2, 0.25) is 0 Å². The number of alkyl carbamates (subject to hydrolysis) is 1. The Kier molecular flexibility index (Phi) is 8.70. The van der Waals surface area contributed by atoms with Gasteiger partial charge in [0.25, 0.3) is 0 Å². The molecule has 0 aromatic carbocycles. The summed E-state index contributed by atoms with van der Waals surface area (Å²) < 4.78 is 9.97. The molecule has 0 aromatic heterocycles. The molecule has 0 unspecified atom stereocenters. The maximum absolute atomic E-state index is 11.8. The van der Waals surface area contributed by atoms with E-state index in [2.05, 4.69) is 10.6 Å². The first-order valence-corrected chi connectivity index (χ1v) is 8.31. The fourth-order valence-corrected chi connectivity index (χ4v) is 2.01. The Morgan fingerprint density at radius 1 is 1.20 bits per heavy atom. The van der Waals surface area contributed by atoms with Crippen molar-refractivity contribution in [1.82, 2.24) is 10.6 Å². The molecule has 0 radical (unpaired) electrons. The van der Waals surface area contributed by atoms with Crippen molar-refractivity contribution in [2.75, 3.05) is 26.7 Å². The largest absolute Gasteiger partial charge is 0.465 e. The van der Waals surface area contributed by atoms with Crippen LogP contribution < -0.4 is 10.6 Å². The Labute approximate surface area is 149 Å². The van der Waals surface area contributed by atoms with E-state index in [9.17, 15) is 9.59 Å². The highest BCUT2D eigenvalue weighted by atomic mass is 16.6. The molecule has 2 N–H and O–H groups in total. The molecule has 0 fully saturated rings. The van der Waals surface area contributed by atoms with Crippen molar-refractivity contribution in [3.8, 4) is 0 Å². The number of rotatable bonds is 6. The smallest absolute Gasteiger partial charge is 0.407 e. The molecule has 1 aliphatic rings. The van der Waals surface area contributed by atoms with Crippen molar-refractivity contribution in [2.45, 2.75) is 32.8 Å². The molecule has 0 spiro atoms. The van der Waals surface area contributed by atoms with Crippen molar-refractivity contribution >= 4 is 12.1 Å². The molecule has 6 nitrogen and oxygen atoms in total. The average Bonchev–Trinajstić information content (AvgIpc) is 2.64. The van der Waals surface area contributed by atoms with E-state index in [4.69, 9.17) is 9.47 Å². The summed E-state index contributed by atoms with van der Waals surface area (Å²) in [6.45, 7) is 7.06. The molecule has 1 rings (SSSR count). The third-order valence-corrected chi connectivity index (χ3v) is 3.09. The zero-order valence-electron chi connectivity index (χ0n) is 15.4. The van der Waals surface area contributed by atoms with Gasteiger partial charge >= 0.3 is 12.1 Å². The molecule has 0 saturated carbocycles. The number of allylic oxidation sites excluding steroid dienone is 4. The lowest BCUT2D eigenvalue weighted by molar-refractivity contribution is -0.135. The minimum atomic E-state index is -0.505. The average molecular weight is 348 g/mol. The van der Waals surface area contributed by atoms with Gasteiger partial charge < -0.3 is 20.1 Å². The van der Waals surface area contributed by atoms with Crippen LogP contribution in [0.1, 0.15) is 27.2 Å². The van der Waals surface area contributed by atoms with Crippen LogP contribution in [0.4, 0.5) is 4.79 Å². The second kappa shape index (κ2) is 10.5. The van der Waals surface area contributed by atoms with Crippen LogP contribution in [0.15, 0.2) is 47.6 Å². The van der Waals surface area contributed by atoms with Crippen molar-refractivity contribution in [3.63, 3.8) is 0 Å². The van der Waals surface area contributed by atoms with Gasteiger partial charge in [0.1, 0.15) is 5.60 Å². The second-order valence-electron chi connectivity index (χ2n) is 6.50. The first kappa shape index (κ1) is 20.7. The molecular formula is C19H28N2O4. The van der Waals surface area contributed by atoms with Gasteiger partial charge in [0, 0.05) is 19.6 Å². The third-order valence-electron chi connectivity index (χ3n) is 3.09. The summed E-state index contributed by atoms with van der Waals surface area (Å²) >= 11 is 0. The van der Waals surface area contributed by atoms with Crippen LogP contribution in [0.5, 0.6) is 0 Å². The van der Waals surface area contributed by atoms with Crippen molar-refractivity contribution < 1.29 is 19.1 Å². The molecule has 0 saturated heterocycles. The Morgan fingerprint density at radius 2 is 1.96 bits per heavy atom. The van der Waals surface area contributed by atoms with Gasteiger partial charge in [-0.1, -0.05) is 30.4 Å². The third kappa shape index (κ3) is 9.52. The zero-order chi connectivity index (χ0) is 18.7. The van der Waals surface area contributed by atoms with Crippen LogP contribution >= 0.6 is 0 Å². The highest BCUT2D eigenvalue weighted by Gasteiger charge is 2.15. The van der Waals surface area contributed by atoms with Gasteiger partial charge in [-0.15, -0.1) is 0 Å². The van der Waals surface area contributed by atoms with E-state index < -0.39 is 11.7 Å². The second-order valence-corrected chi connectivity index (χ2v) is 6.50. The van der Waals surface area contributed by atoms with Gasteiger partial charge in [-0.2, -0.15) is 0 Å². The quantitative estimate of drug-likeness (QED) is 0.570. The van der Waals surface area contributed by atoms with E-state index >= 15 is 0 Å². The van der Waals surface area contributed by atoms with Crippen molar-refractivity contribution in [2.24, 2.45) is 0 Å². The highest BCUT2D eigenvalue weighted by Crippen LogP contribution is 2.10. The topological polar surface area (TPSA) is 76.7 Å². The van der Waals surface area contributed by atoms with Gasteiger partial charge in [-0.05, 0) is 38.8 Å². The van der Waals surface area contributed by atoms with Gasteiger partial charge in [0.05, 0.1) is 12.7 Å². The standard InChI is InChI=1S/C19H28N2O4/c1-19(2,3)25-18(23)21-12-11-20-14-15-9-7-5-6-8-10-16(13-15)17(22)24-4/h5-7,9-10,13,20H,8,11-12,14H2,1-4H3,(H,21,23)/b6-5-,9-7+,15-13+,16-10+. The number of esters is 1. The van der Waals surface area contributed by atoms with Crippen molar-refractivity contribution in [1.29, 1.82) is 0 Å². The fraction of sp³-hybridized carbons (Fsp3) is 0.474. The molecule has 25 heavy (non-hydrogen) atoms. The summed E-state index contributed by atoms with van der Waals surface area (Å²) in [5.74, 6) is -0.354. The predicted molar refractivity (Wildman–Crippen MR) is 98.2 cm³/mol. The minimum absolute atomic E-state index is 0.354. The zero-order valence-corrected chi connectivity index (χ0v) is 15.4. The molecular weight excluding hydrogens is 320 g/mol. The summed E-state index contributed by atoms with van der Waals surface area (Å²) in [4.78, 5) is 23.3. The predicted octanol–water partition coefficient (Wildman–Crippen LogP) is 2.64. The fourth-order valence-electron chi connectivity index (χ4n) is 2.01. The van der Waals surface area contributed by atoms with Crippen LogP contribution in [-0.4, -0.2) is 44.4 Å². The Hall–Kier alpha value is -2.34. The molecule has 1 amide bonds. The van der Waals surface area contributed by atoms with E-state index in [1.54, 1.807) is 0 Å². The Bertz CT molecular complexity index is 581. The highest BCUT2D eigenvalue weighted by molar-refractivity contribution is 5.91. The molecule has 0 atom stereocenters. The monoisotopic (exact) mass is 348 g/mol. The van der Waals surface area contributed by atoms with Crippen molar-refractivity contribution in [3.05, 3.63) is 47.6 Å². The number of amides is 1. The molecule has 0 bridgehead atoms. The van der Waals surface area contributed by atoms with E-state index in [0.717, 1.165) is 5.57 Å². The Morgan fingerprint density at radius 3 is 2.64 bits per heavy atom. The summed E-state index contributed by atoms with van der Waals surface area (Å²) in [5, 5.41) is 5.91. The van der Waals surface area contributed by atoms with Crippen LogP contribution in [0, 0.1) is 0 Å². The first-order valence-electron chi connectivity index (χ1n) is 8.31. The van der Waals surface area contributed by atoms with E-state index in [1.165, 1.54) is 7.11 Å². The number of methoxy groups -OCH3 is 1. The summed E-state index contributed by atoms with van der Waals surface area (Å²) in [6.07, 6.45) is 11.7. The number of carbonyl (C=O) groups is 2. The maximum Gasteiger partial charge on any atom is 0.407 e. The number of ether oxygens (including phenoxy) is 2. The van der Waals surface area contributed by atoms with E-state index in [-0.39, 0.29) is 5.97 Å². The SMILES string of the molecule is COC(=O)C1=C/C\C=C/C=C/C(CNCCNC(=O)OC(C)(C)C)=C\1. The first-order chi connectivity index (χ1) is 11.8. The van der Waals surface area contributed by atoms with E-state index in [0.29, 0.717) is 31.6 Å². The van der Waals surface area contributed by atoms with Crippen LogP contribution in [0.2, 0.25) is 0 Å². The van der Waals surface area contributed by atoms with Gasteiger partial charge in [-0.25, -0.2) is 9.59 Å².